The second-order valence-corrected chi connectivity index (χ2v) is 8.16. The van der Waals surface area contributed by atoms with Gasteiger partial charge >= 0.3 is 0 Å². The van der Waals surface area contributed by atoms with Gasteiger partial charge < -0.3 is 14.3 Å². The van der Waals surface area contributed by atoms with E-state index in [2.05, 4.69) is 19.7 Å². The number of aromatic amines is 1. The number of hydrogen-bond acceptors (Lipinski definition) is 5. The van der Waals surface area contributed by atoms with Crippen molar-refractivity contribution in [1.82, 2.24) is 24.2 Å². The quantitative estimate of drug-likeness (QED) is 0.710. The second kappa shape index (κ2) is 5.96. The van der Waals surface area contributed by atoms with Crippen LogP contribution in [0.5, 0.6) is 0 Å². The van der Waals surface area contributed by atoms with E-state index in [0.717, 1.165) is 6.26 Å². The topological polar surface area (TPSA) is 102 Å². The Morgan fingerprint density at radius 1 is 1.50 bits per heavy atom. The molecule has 3 aromatic rings. The monoisotopic (exact) mass is 385 g/mol. The van der Waals surface area contributed by atoms with Gasteiger partial charge in [-0.1, -0.05) is 0 Å². The maximum atomic E-state index is 14.6. The number of nitrogens with one attached hydrogen (secondary N) is 2. The van der Waals surface area contributed by atoms with Crippen LogP contribution in [0.15, 0.2) is 18.5 Å². The molecule has 2 N–H and O–H groups in total. The second-order valence-electron chi connectivity index (χ2n) is 6.33. The van der Waals surface area contributed by atoms with E-state index >= 15 is 0 Å². The van der Waals surface area contributed by atoms with Crippen molar-refractivity contribution in [3.8, 4) is 0 Å². The molecule has 140 valence electrons. The number of imidazole rings is 1. The standard InChI is InChI=1S/C15H17F2N5O3S/c1-26(23,24)20-7-12-21-10-6-19-14-9(2-4-18-14)13(10)22(12)11-8-25-5-3-15(11,16)17/h2,4,6,11,20H,3,5,7-8H2,1H3,(H,18,19). The molecule has 0 aromatic carbocycles. The number of nitrogens with zero attached hydrogens (tertiary/aromatic N) is 3. The van der Waals surface area contributed by atoms with E-state index in [-0.39, 0.29) is 25.6 Å². The number of rotatable bonds is 4. The molecular weight excluding hydrogens is 368 g/mol. The number of halogens is 2. The molecule has 0 aliphatic carbocycles. The molecule has 8 nitrogen and oxygen atoms in total. The van der Waals surface area contributed by atoms with Gasteiger partial charge in [-0.3, -0.25) is 0 Å². The van der Waals surface area contributed by atoms with Crippen molar-refractivity contribution < 1.29 is 21.9 Å². The molecule has 0 radical (unpaired) electrons. The number of fused-ring (bicyclic) bond motifs is 3. The summed E-state index contributed by atoms with van der Waals surface area (Å²) < 4.78 is 61.2. The highest BCUT2D eigenvalue weighted by atomic mass is 32.2. The van der Waals surface area contributed by atoms with Gasteiger partial charge in [0.2, 0.25) is 10.0 Å². The lowest BCUT2D eigenvalue weighted by molar-refractivity contribution is -0.132. The Kier molecular flexibility index (Phi) is 3.97. The third-order valence-corrected chi connectivity index (χ3v) is 5.12. The van der Waals surface area contributed by atoms with Crippen LogP contribution in [0.1, 0.15) is 18.3 Å². The average molecular weight is 385 g/mol. The van der Waals surface area contributed by atoms with E-state index in [1.165, 1.54) is 10.8 Å². The molecule has 1 aliphatic rings. The summed E-state index contributed by atoms with van der Waals surface area (Å²) in [4.78, 5) is 11.5. The Labute approximate surface area is 147 Å². The van der Waals surface area contributed by atoms with Crippen LogP contribution in [0.4, 0.5) is 8.78 Å². The lowest BCUT2D eigenvalue weighted by Crippen LogP contribution is -2.40. The average Bonchev–Trinajstić information content (AvgIpc) is 3.15. The minimum Gasteiger partial charge on any atom is -0.379 e. The Bertz CT molecular complexity index is 1080. The summed E-state index contributed by atoms with van der Waals surface area (Å²) in [6, 6.07) is 0.455. The third kappa shape index (κ3) is 2.95. The highest BCUT2D eigenvalue weighted by Gasteiger charge is 2.45. The largest absolute Gasteiger partial charge is 0.379 e. The van der Waals surface area contributed by atoms with Crippen molar-refractivity contribution in [2.75, 3.05) is 19.5 Å². The molecule has 0 amide bonds. The van der Waals surface area contributed by atoms with E-state index in [9.17, 15) is 17.2 Å². The van der Waals surface area contributed by atoms with Gasteiger partial charge in [0.25, 0.3) is 5.92 Å². The summed E-state index contributed by atoms with van der Waals surface area (Å²) >= 11 is 0. The lowest BCUT2D eigenvalue weighted by atomic mass is 10.0. The Balaban J connectivity index is 1.95. The zero-order chi connectivity index (χ0) is 18.5. The van der Waals surface area contributed by atoms with E-state index in [0.29, 0.717) is 22.1 Å². The van der Waals surface area contributed by atoms with Crippen molar-refractivity contribution in [2.45, 2.75) is 24.9 Å². The number of H-pyrrole nitrogens is 1. The van der Waals surface area contributed by atoms with E-state index in [1.54, 1.807) is 12.3 Å². The molecule has 11 heteroatoms. The van der Waals surface area contributed by atoms with Crippen LogP contribution >= 0.6 is 0 Å². The molecule has 3 aromatic heterocycles. The maximum absolute atomic E-state index is 14.6. The van der Waals surface area contributed by atoms with E-state index in [1.807, 2.05) is 0 Å². The first-order chi connectivity index (χ1) is 12.3. The van der Waals surface area contributed by atoms with Crippen molar-refractivity contribution in [3.63, 3.8) is 0 Å². The number of sulfonamides is 1. The zero-order valence-corrected chi connectivity index (χ0v) is 14.7. The van der Waals surface area contributed by atoms with Crippen molar-refractivity contribution in [2.24, 2.45) is 0 Å². The fourth-order valence-corrected chi connectivity index (χ4v) is 3.64. The number of hydrogen-bond donors (Lipinski definition) is 2. The normalized spacial score (nSPS) is 20.8. The van der Waals surface area contributed by atoms with Crippen molar-refractivity contribution in [3.05, 3.63) is 24.3 Å². The summed E-state index contributed by atoms with van der Waals surface area (Å²) in [5, 5.41) is 0.641. The smallest absolute Gasteiger partial charge is 0.272 e. The molecule has 1 saturated heterocycles. The summed E-state index contributed by atoms with van der Waals surface area (Å²) in [5.41, 5.74) is 1.45. The van der Waals surface area contributed by atoms with Crippen LogP contribution in [0.3, 0.4) is 0 Å². The first-order valence-electron chi connectivity index (χ1n) is 7.99. The SMILES string of the molecule is CS(=O)(=O)NCc1nc2cnc3[nH]ccc3c2n1C1COCCC1(F)F. The highest BCUT2D eigenvalue weighted by molar-refractivity contribution is 7.88. The molecule has 0 bridgehead atoms. The number of alkyl halides is 2. The summed E-state index contributed by atoms with van der Waals surface area (Å²) in [6.45, 7) is -0.404. The van der Waals surface area contributed by atoms with Crippen LogP contribution in [0.2, 0.25) is 0 Å². The van der Waals surface area contributed by atoms with Gasteiger partial charge in [0.05, 0.1) is 37.7 Å². The van der Waals surface area contributed by atoms with E-state index in [4.69, 9.17) is 4.74 Å². The minimum atomic E-state index is -3.51. The van der Waals surface area contributed by atoms with Gasteiger partial charge in [-0.25, -0.2) is 31.9 Å². The fraction of sp³-hybridized carbons (Fsp3) is 0.467. The van der Waals surface area contributed by atoms with Crippen molar-refractivity contribution in [1.29, 1.82) is 0 Å². The molecule has 1 fully saturated rings. The first-order valence-corrected chi connectivity index (χ1v) is 9.88. The van der Waals surface area contributed by atoms with E-state index < -0.39 is 28.4 Å². The predicted molar refractivity (Wildman–Crippen MR) is 90.5 cm³/mol. The number of pyridine rings is 1. The minimum absolute atomic E-state index is 0.0197. The maximum Gasteiger partial charge on any atom is 0.272 e. The Morgan fingerprint density at radius 2 is 2.31 bits per heavy atom. The van der Waals surface area contributed by atoms with Gasteiger partial charge in [0.15, 0.2) is 0 Å². The molecule has 0 saturated carbocycles. The summed E-state index contributed by atoms with van der Waals surface area (Å²) in [6.07, 6.45) is 3.75. The van der Waals surface area contributed by atoms with Crippen LogP contribution in [-0.2, 0) is 21.3 Å². The fourth-order valence-electron chi connectivity index (χ4n) is 3.25. The summed E-state index contributed by atoms with van der Waals surface area (Å²) in [7, 11) is -3.51. The number of ether oxygens (including phenoxy) is 1. The molecule has 4 heterocycles. The van der Waals surface area contributed by atoms with Gasteiger partial charge in [-0.15, -0.1) is 0 Å². The molecule has 0 spiro atoms. The number of aromatic nitrogens is 4. The molecule has 1 aliphatic heterocycles. The highest BCUT2D eigenvalue weighted by Crippen LogP contribution is 2.39. The van der Waals surface area contributed by atoms with Gasteiger partial charge in [-0.05, 0) is 6.07 Å². The molecule has 26 heavy (non-hydrogen) atoms. The van der Waals surface area contributed by atoms with Gasteiger partial charge in [-0.2, -0.15) is 0 Å². The van der Waals surface area contributed by atoms with Gasteiger partial charge in [0, 0.05) is 18.0 Å². The summed E-state index contributed by atoms with van der Waals surface area (Å²) in [5.74, 6) is -2.81. The van der Waals surface area contributed by atoms with Crippen molar-refractivity contribution >= 4 is 32.1 Å². The van der Waals surface area contributed by atoms with Crippen LogP contribution in [0.25, 0.3) is 22.1 Å². The predicted octanol–water partition coefficient (Wildman–Crippen LogP) is 1.56. The van der Waals surface area contributed by atoms with Gasteiger partial charge in [0.1, 0.15) is 23.0 Å². The Hall–Kier alpha value is -2.11. The molecular formula is C15H17F2N5O3S. The van der Waals surface area contributed by atoms with Crippen LogP contribution in [0, 0.1) is 0 Å². The van der Waals surface area contributed by atoms with Crippen LogP contribution in [-0.4, -0.2) is 53.3 Å². The Morgan fingerprint density at radius 3 is 3.04 bits per heavy atom. The first kappa shape index (κ1) is 17.3. The zero-order valence-electron chi connectivity index (χ0n) is 13.9. The molecule has 1 unspecified atom stereocenters. The van der Waals surface area contributed by atoms with Crippen LogP contribution < -0.4 is 4.72 Å². The molecule has 1 atom stereocenters. The molecule has 4 rings (SSSR count). The third-order valence-electron chi connectivity index (χ3n) is 4.45. The lowest BCUT2D eigenvalue weighted by Gasteiger charge is -2.33.